The number of fused-ring (bicyclic) bond motifs is 1. The van der Waals surface area contributed by atoms with Crippen LogP contribution >= 0.6 is 0 Å². The maximum Gasteiger partial charge on any atom is 0.245 e. The van der Waals surface area contributed by atoms with Gasteiger partial charge in [0.25, 0.3) is 0 Å². The van der Waals surface area contributed by atoms with E-state index in [1.54, 1.807) is 0 Å². The number of anilines is 1. The molecule has 1 aromatic carbocycles. The lowest BCUT2D eigenvalue weighted by molar-refractivity contribution is -0.132. The second-order valence-electron chi connectivity index (χ2n) is 5.93. The average molecular weight is 288 g/mol. The van der Waals surface area contributed by atoms with Crippen molar-refractivity contribution in [1.29, 1.82) is 0 Å². The highest BCUT2D eigenvalue weighted by molar-refractivity contribution is 5.85. The maximum absolute atomic E-state index is 12.8. The molecule has 1 unspecified atom stereocenters. The van der Waals surface area contributed by atoms with Crippen molar-refractivity contribution in [2.45, 2.75) is 58.4 Å². The molecule has 1 aliphatic heterocycles. The van der Waals surface area contributed by atoms with E-state index >= 15 is 0 Å². The molecular formula is C18H28N2O. The predicted molar refractivity (Wildman–Crippen MR) is 88.6 cm³/mol. The number of nitrogens with zero attached hydrogens (tertiary/aromatic N) is 1. The molecule has 1 N–H and O–H groups in total. The van der Waals surface area contributed by atoms with Gasteiger partial charge in [-0.15, -0.1) is 0 Å². The topological polar surface area (TPSA) is 32.3 Å². The van der Waals surface area contributed by atoms with Gasteiger partial charge in [-0.3, -0.25) is 4.79 Å². The summed E-state index contributed by atoms with van der Waals surface area (Å²) in [7, 11) is 0. The van der Waals surface area contributed by atoms with E-state index in [2.05, 4.69) is 42.3 Å². The Morgan fingerprint density at radius 3 is 2.52 bits per heavy atom. The van der Waals surface area contributed by atoms with Crippen molar-refractivity contribution in [3.8, 4) is 0 Å². The highest BCUT2D eigenvalue weighted by Gasteiger charge is 2.27. The minimum absolute atomic E-state index is 0.0476. The van der Waals surface area contributed by atoms with Crippen LogP contribution in [0.5, 0.6) is 0 Å². The Bertz CT molecular complexity index is 450. The van der Waals surface area contributed by atoms with Gasteiger partial charge in [0.1, 0.15) is 6.04 Å². The fourth-order valence-electron chi connectivity index (χ4n) is 2.87. The van der Waals surface area contributed by atoms with E-state index in [1.165, 1.54) is 5.56 Å². The number of rotatable bonds is 7. The van der Waals surface area contributed by atoms with Crippen molar-refractivity contribution < 1.29 is 4.79 Å². The van der Waals surface area contributed by atoms with Gasteiger partial charge < -0.3 is 10.2 Å². The van der Waals surface area contributed by atoms with Crippen molar-refractivity contribution in [2.75, 3.05) is 18.4 Å². The first-order chi connectivity index (χ1) is 10.3. The molecule has 21 heavy (non-hydrogen) atoms. The molecule has 0 aromatic heterocycles. The van der Waals surface area contributed by atoms with Crippen molar-refractivity contribution in [1.82, 2.24) is 4.90 Å². The molecule has 0 fully saturated rings. The van der Waals surface area contributed by atoms with Gasteiger partial charge in [0.2, 0.25) is 5.91 Å². The van der Waals surface area contributed by atoms with E-state index in [1.807, 2.05) is 6.07 Å². The van der Waals surface area contributed by atoms with Crippen molar-refractivity contribution >= 4 is 11.6 Å². The molecular weight excluding hydrogens is 260 g/mol. The monoisotopic (exact) mass is 288 g/mol. The van der Waals surface area contributed by atoms with Crippen molar-refractivity contribution in [3.05, 3.63) is 29.8 Å². The normalized spacial score (nSPS) is 17.0. The summed E-state index contributed by atoms with van der Waals surface area (Å²) < 4.78 is 0. The quantitative estimate of drug-likeness (QED) is 0.826. The zero-order chi connectivity index (χ0) is 15.1. The summed E-state index contributed by atoms with van der Waals surface area (Å²) in [6.45, 7) is 6.15. The van der Waals surface area contributed by atoms with Crippen LogP contribution < -0.4 is 5.32 Å². The Morgan fingerprint density at radius 2 is 1.86 bits per heavy atom. The molecule has 1 heterocycles. The first kappa shape index (κ1) is 15.9. The highest BCUT2D eigenvalue weighted by atomic mass is 16.2. The van der Waals surface area contributed by atoms with Crippen LogP contribution in [-0.4, -0.2) is 29.9 Å². The Kier molecular flexibility index (Phi) is 6.09. The number of amides is 1. The third-order valence-corrected chi connectivity index (χ3v) is 4.22. The molecule has 1 atom stereocenters. The van der Waals surface area contributed by atoms with E-state index in [0.29, 0.717) is 0 Å². The Balaban J connectivity index is 2.00. The summed E-state index contributed by atoms with van der Waals surface area (Å²) >= 11 is 0. The van der Waals surface area contributed by atoms with Crippen LogP contribution in [0.3, 0.4) is 0 Å². The van der Waals surface area contributed by atoms with Gasteiger partial charge >= 0.3 is 0 Å². The van der Waals surface area contributed by atoms with Crippen LogP contribution in [0.15, 0.2) is 24.3 Å². The third kappa shape index (κ3) is 4.23. The average Bonchev–Trinajstić information content (AvgIpc) is 2.54. The van der Waals surface area contributed by atoms with Gasteiger partial charge in [0.05, 0.1) is 0 Å². The van der Waals surface area contributed by atoms with E-state index in [9.17, 15) is 4.79 Å². The van der Waals surface area contributed by atoms with E-state index in [-0.39, 0.29) is 11.9 Å². The van der Waals surface area contributed by atoms with Crippen LogP contribution in [0.4, 0.5) is 5.69 Å². The van der Waals surface area contributed by atoms with Gasteiger partial charge in [-0.1, -0.05) is 44.9 Å². The van der Waals surface area contributed by atoms with Crippen molar-refractivity contribution in [3.63, 3.8) is 0 Å². The second kappa shape index (κ2) is 8.06. The van der Waals surface area contributed by atoms with Gasteiger partial charge in [-0.25, -0.2) is 0 Å². The highest BCUT2D eigenvalue weighted by Crippen LogP contribution is 2.25. The summed E-state index contributed by atoms with van der Waals surface area (Å²) in [5.41, 5.74) is 2.46. The lowest BCUT2D eigenvalue weighted by Crippen LogP contribution is -2.45. The van der Waals surface area contributed by atoms with E-state index in [0.717, 1.165) is 57.3 Å². The zero-order valence-electron chi connectivity index (χ0n) is 13.4. The molecule has 3 nitrogen and oxygen atoms in total. The van der Waals surface area contributed by atoms with Crippen molar-refractivity contribution in [2.24, 2.45) is 0 Å². The number of hydrogen-bond acceptors (Lipinski definition) is 2. The first-order valence-corrected chi connectivity index (χ1v) is 8.39. The number of unbranched alkanes of at least 4 members (excludes halogenated alkanes) is 2. The lowest BCUT2D eigenvalue weighted by atomic mass is 9.97. The van der Waals surface area contributed by atoms with Crippen LogP contribution in [0.1, 0.15) is 51.5 Å². The van der Waals surface area contributed by atoms with Gasteiger partial charge in [-0.05, 0) is 37.3 Å². The number of carbonyl (C=O) groups excluding carboxylic acids is 1. The first-order valence-electron chi connectivity index (χ1n) is 8.39. The summed E-state index contributed by atoms with van der Waals surface area (Å²) in [5, 5.41) is 3.44. The summed E-state index contributed by atoms with van der Waals surface area (Å²) in [6, 6.07) is 8.28. The van der Waals surface area contributed by atoms with Crippen LogP contribution in [0, 0.1) is 0 Å². The SMILES string of the molecule is CCCCN(CCCC)C(=O)C1CCc2ccccc2N1. The number of nitrogens with one attached hydrogen (secondary N) is 1. The fraction of sp³-hybridized carbons (Fsp3) is 0.611. The smallest absolute Gasteiger partial charge is 0.245 e. The van der Waals surface area contributed by atoms with E-state index < -0.39 is 0 Å². The lowest BCUT2D eigenvalue weighted by Gasteiger charge is -2.31. The molecule has 0 spiro atoms. The molecule has 2 rings (SSSR count). The molecule has 3 heteroatoms. The van der Waals surface area contributed by atoms with Crippen LogP contribution in [0.2, 0.25) is 0 Å². The second-order valence-corrected chi connectivity index (χ2v) is 5.93. The third-order valence-electron chi connectivity index (χ3n) is 4.22. The van der Waals surface area contributed by atoms with E-state index in [4.69, 9.17) is 0 Å². The van der Waals surface area contributed by atoms with Crippen LogP contribution in [-0.2, 0) is 11.2 Å². The molecule has 0 saturated carbocycles. The Hall–Kier alpha value is -1.51. The molecule has 0 bridgehead atoms. The number of carbonyl (C=O) groups is 1. The molecule has 1 aromatic rings. The fourth-order valence-corrected chi connectivity index (χ4v) is 2.87. The summed E-state index contributed by atoms with van der Waals surface area (Å²) in [4.78, 5) is 14.9. The van der Waals surface area contributed by atoms with Gasteiger partial charge in [0.15, 0.2) is 0 Å². The van der Waals surface area contributed by atoms with Crippen LogP contribution in [0.25, 0.3) is 0 Å². The Labute approximate surface area is 128 Å². The molecule has 0 radical (unpaired) electrons. The zero-order valence-corrected chi connectivity index (χ0v) is 13.4. The Morgan fingerprint density at radius 1 is 1.19 bits per heavy atom. The number of aryl methyl sites for hydroxylation is 1. The molecule has 1 amide bonds. The number of benzene rings is 1. The molecule has 0 saturated heterocycles. The van der Waals surface area contributed by atoms with Gasteiger partial charge in [0, 0.05) is 18.8 Å². The minimum atomic E-state index is -0.0476. The molecule has 1 aliphatic rings. The number of para-hydroxylation sites is 1. The minimum Gasteiger partial charge on any atom is -0.373 e. The summed E-state index contributed by atoms with van der Waals surface area (Å²) in [5.74, 6) is 0.284. The largest absolute Gasteiger partial charge is 0.373 e. The molecule has 116 valence electrons. The number of hydrogen-bond donors (Lipinski definition) is 1. The maximum atomic E-state index is 12.8. The van der Waals surface area contributed by atoms with Gasteiger partial charge in [-0.2, -0.15) is 0 Å². The summed E-state index contributed by atoms with van der Waals surface area (Å²) in [6.07, 6.45) is 6.37. The molecule has 0 aliphatic carbocycles. The predicted octanol–water partition coefficient (Wildman–Crippen LogP) is 3.84. The standard InChI is InChI=1S/C18H28N2O/c1-3-5-13-20(14-6-4-2)18(21)17-12-11-15-9-7-8-10-16(15)19-17/h7-10,17,19H,3-6,11-14H2,1-2H3.